The van der Waals surface area contributed by atoms with E-state index in [-0.39, 0.29) is 5.78 Å². The fourth-order valence-electron chi connectivity index (χ4n) is 3.45. The predicted molar refractivity (Wildman–Crippen MR) is 118 cm³/mol. The molecular formula is C27H19NO. The first-order chi connectivity index (χ1) is 14.2. The van der Waals surface area contributed by atoms with Gasteiger partial charge >= 0.3 is 0 Å². The van der Waals surface area contributed by atoms with Crippen LogP contribution in [0, 0.1) is 13.5 Å². The molecule has 0 heterocycles. The molecular weight excluding hydrogens is 354 g/mol. The van der Waals surface area contributed by atoms with Crippen LogP contribution in [0.5, 0.6) is 0 Å². The Labute approximate surface area is 170 Å². The first kappa shape index (κ1) is 18.4. The van der Waals surface area contributed by atoms with Crippen LogP contribution in [0.4, 0.5) is 5.69 Å². The number of benzene rings is 4. The third-order valence-corrected chi connectivity index (χ3v) is 5.05. The number of aryl methyl sites for hydroxylation is 1. The standard InChI is InChI=1S/C27H19NO/c1-19-18-24(14-17-26(19)21-12-15-25(28-2)16-13-21)20-8-10-23(11-9-20)27(29)22-6-4-3-5-7-22/h3-18H,1H3. The Morgan fingerprint density at radius 1 is 0.690 bits per heavy atom. The van der Waals surface area contributed by atoms with Gasteiger partial charge in [-0.2, -0.15) is 0 Å². The quantitative estimate of drug-likeness (QED) is 0.276. The molecule has 0 aliphatic heterocycles. The monoisotopic (exact) mass is 373 g/mol. The van der Waals surface area contributed by atoms with E-state index < -0.39 is 0 Å². The fraction of sp³-hybridized carbons (Fsp3) is 0.0370. The Hall–Kier alpha value is -3.96. The van der Waals surface area contributed by atoms with Crippen molar-refractivity contribution >= 4 is 11.5 Å². The van der Waals surface area contributed by atoms with Crippen LogP contribution in [0.15, 0.2) is 97.1 Å². The molecule has 29 heavy (non-hydrogen) atoms. The summed E-state index contributed by atoms with van der Waals surface area (Å²) in [6.45, 7) is 9.17. The first-order valence-corrected chi connectivity index (χ1v) is 9.44. The van der Waals surface area contributed by atoms with Crippen molar-refractivity contribution in [1.82, 2.24) is 0 Å². The molecule has 0 saturated carbocycles. The van der Waals surface area contributed by atoms with Crippen LogP contribution >= 0.6 is 0 Å². The van der Waals surface area contributed by atoms with Gasteiger partial charge in [0.25, 0.3) is 0 Å². The highest BCUT2D eigenvalue weighted by atomic mass is 16.1. The minimum absolute atomic E-state index is 0.0338. The number of nitrogens with zero attached hydrogens (tertiary/aromatic N) is 1. The molecule has 0 amide bonds. The maximum atomic E-state index is 12.6. The smallest absolute Gasteiger partial charge is 0.193 e. The highest BCUT2D eigenvalue weighted by Gasteiger charge is 2.09. The van der Waals surface area contributed by atoms with Crippen LogP contribution in [0.25, 0.3) is 27.1 Å². The normalized spacial score (nSPS) is 10.3. The maximum Gasteiger partial charge on any atom is 0.193 e. The van der Waals surface area contributed by atoms with Gasteiger partial charge in [-0.05, 0) is 34.7 Å². The Morgan fingerprint density at radius 3 is 1.90 bits per heavy atom. The van der Waals surface area contributed by atoms with Crippen molar-refractivity contribution < 1.29 is 4.79 Å². The Morgan fingerprint density at radius 2 is 1.28 bits per heavy atom. The lowest BCUT2D eigenvalue weighted by Gasteiger charge is -2.10. The largest absolute Gasteiger partial charge is 0.289 e. The minimum atomic E-state index is 0.0338. The highest BCUT2D eigenvalue weighted by molar-refractivity contribution is 6.09. The molecule has 0 fully saturated rings. The summed E-state index contributed by atoms with van der Waals surface area (Å²) in [7, 11) is 0. The summed E-state index contributed by atoms with van der Waals surface area (Å²) < 4.78 is 0. The number of ketones is 1. The SMILES string of the molecule is [C-]#[N+]c1ccc(-c2ccc(-c3ccc(C(=O)c4ccccc4)cc3)cc2C)cc1. The van der Waals surface area contributed by atoms with E-state index in [9.17, 15) is 4.79 Å². The summed E-state index contributed by atoms with van der Waals surface area (Å²) in [6.07, 6.45) is 0. The van der Waals surface area contributed by atoms with Crippen LogP contribution in [0.1, 0.15) is 21.5 Å². The lowest BCUT2D eigenvalue weighted by molar-refractivity contribution is 0.103. The molecule has 4 aromatic rings. The van der Waals surface area contributed by atoms with Crippen LogP contribution in [0.2, 0.25) is 0 Å². The zero-order chi connectivity index (χ0) is 20.2. The zero-order valence-corrected chi connectivity index (χ0v) is 16.1. The molecule has 0 saturated heterocycles. The van der Waals surface area contributed by atoms with E-state index in [2.05, 4.69) is 30.0 Å². The van der Waals surface area contributed by atoms with Gasteiger partial charge in [0, 0.05) is 11.1 Å². The Balaban J connectivity index is 1.59. The molecule has 0 spiro atoms. The van der Waals surface area contributed by atoms with Crippen molar-refractivity contribution in [3.63, 3.8) is 0 Å². The Kier molecular flexibility index (Phi) is 5.05. The van der Waals surface area contributed by atoms with E-state index in [0.29, 0.717) is 16.8 Å². The van der Waals surface area contributed by atoms with Gasteiger partial charge in [-0.25, -0.2) is 4.85 Å². The van der Waals surface area contributed by atoms with E-state index in [0.717, 1.165) is 22.3 Å². The second-order valence-corrected chi connectivity index (χ2v) is 6.96. The van der Waals surface area contributed by atoms with Crippen LogP contribution in [-0.4, -0.2) is 5.78 Å². The molecule has 0 radical (unpaired) electrons. The molecule has 0 bridgehead atoms. The summed E-state index contributed by atoms with van der Waals surface area (Å²) in [6, 6.07) is 31.1. The summed E-state index contributed by atoms with van der Waals surface area (Å²) >= 11 is 0. The van der Waals surface area contributed by atoms with Gasteiger partial charge in [0.1, 0.15) is 0 Å². The van der Waals surface area contributed by atoms with E-state index in [4.69, 9.17) is 6.57 Å². The molecule has 4 rings (SSSR count). The molecule has 138 valence electrons. The molecule has 0 aromatic heterocycles. The minimum Gasteiger partial charge on any atom is -0.289 e. The van der Waals surface area contributed by atoms with Gasteiger partial charge in [-0.3, -0.25) is 4.79 Å². The number of hydrogen-bond acceptors (Lipinski definition) is 1. The molecule has 2 heteroatoms. The van der Waals surface area contributed by atoms with Crippen molar-refractivity contribution in [2.24, 2.45) is 0 Å². The molecule has 0 atom stereocenters. The highest BCUT2D eigenvalue weighted by Crippen LogP contribution is 2.30. The topological polar surface area (TPSA) is 21.4 Å². The third kappa shape index (κ3) is 3.85. The predicted octanol–water partition coefficient (Wildman–Crippen LogP) is 7.11. The van der Waals surface area contributed by atoms with Crippen molar-refractivity contribution in [3.05, 3.63) is 125 Å². The van der Waals surface area contributed by atoms with Gasteiger partial charge in [0.15, 0.2) is 11.5 Å². The Bertz CT molecular complexity index is 1200. The third-order valence-electron chi connectivity index (χ3n) is 5.05. The van der Waals surface area contributed by atoms with Crippen molar-refractivity contribution in [2.75, 3.05) is 0 Å². The molecule has 4 aromatic carbocycles. The van der Waals surface area contributed by atoms with Crippen LogP contribution in [-0.2, 0) is 0 Å². The van der Waals surface area contributed by atoms with Crippen molar-refractivity contribution in [3.8, 4) is 22.3 Å². The number of carbonyl (C=O) groups excluding carboxylic acids is 1. The average molecular weight is 373 g/mol. The molecule has 0 aliphatic rings. The van der Waals surface area contributed by atoms with E-state index >= 15 is 0 Å². The summed E-state index contributed by atoms with van der Waals surface area (Å²) in [5.74, 6) is 0.0338. The number of carbonyl (C=O) groups is 1. The number of rotatable bonds is 4. The van der Waals surface area contributed by atoms with E-state index in [1.807, 2.05) is 78.9 Å². The van der Waals surface area contributed by atoms with Crippen LogP contribution in [0.3, 0.4) is 0 Å². The van der Waals surface area contributed by atoms with Gasteiger partial charge < -0.3 is 0 Å². The van der Waals surface area contributed by atoms with Gasteiger partial charge in [-0.1, -0.05) is 97.1 Å². The lowest BCUT2D eigenvalue weighted by atomic mass is 9.94. The summed E-state index contributed by atoms with van der Waals surface area (Å²) in [5, 5.41) is 0. The van der Waals surface area contributed by atoms with Crippen LogP contribution < -0.4 is 0 Å². The average Bonchev–Trinajstić information content (AvgIpc) is 2.79. The second-order valence-electron chi connectivity index (χ2n) is 6.96. The van der Waals surface area contributed by atoms with E-state index in [1.165, 1.54) is 5.56 Å². The van der Waals surface area contributed by atoms with Crippen molar-refractivity contribution in [1.29, 1.82) is 0 Å². The molecule has 0 N–H and O–H groups in total. The molecule has 2 nitrogen and oxygen atoms in total. The van der Waals surface area contributed by atoms with Gasteiger partial charge in [0.05, 0.1) is 6.57 Å². The van der Waals surface area contributed by atoms with Gasteiger partial charge in [0.2, 0.25) is 0 Å². The molecule has 0 unspecified atom stereocenters. The zero-order valence-electron chi connectivity index (χ0n) is 16.1. The first-order valence-electron chi connectivity index (χ1n) is 9.44. The van der Waals surface area contributed by atoms with Crippen molar-refractivity contribution in [2.45, 2.75) is 6.92 Å². The summed E-state index contributed by atoms with van der Waals surface area (Å²) in [5.41, 5.74) is 7.65. The van der Waals surface area contributed by atoms with E-state index in [1.54, 1.807) is 0 Å². The van der Waals surface area contributed by atoms with Gasteiger partial charge in [-0.15, -0.1) is 0 Å². The molecule has 0 aliphatic carbocycles. The second kappa shape index (κ2) is 7.96. The summed E-state index contributed by atoms with van der Waals surface area (Å²) in [4.78, 5) is 16.0. The fourth-order valence-corrected chi connectivity index (χ4v) is 3.45. The number of hydrogen-bond donors (Lipinski definition) is 0. The maximum absolute atomic E-state index is 12.6. The lowest BCUT2D eigenvalue weighted by Crippen LogP contribution is -2.00.